The molecule has 114 valence electrons. The molecule has 0 unspecified atom stereocenters. The van der Waals surface area contributed by atoms with Crippen LogP contribution >= 0.6 is 0 Å². The molecule has 1 fully saturated rings. The number of anilines is 1. The zero-order valence-corrected chi connectivity index (χ0v) is 11.8. The second kappa shape index (κ2) is 6.31. The van der Waals surface area contributed by atoms with E-state index in [9.17, 15) is 10.2 Å². The minimum absolute atomic E-state index is 0.165. The van der Waals surface area contributed by atoms with Gasteiger partial charge in [-0.1, -0.05) is 19.3 Å². The van der Waals surface area contributed by atoms with E-state index < -0.39 is 12.1 Å². The van der Waals surface area contributed by atoms with Crippen LogP contribution < -0.4 is 5.32 Å². The molecule has 21 heavy (non-hydrogen) atoms. The normalized spacial score (nSPS) is 19.5. The van der Waals surface area contributed by atoms with E-state index in [1.54, 1.807) is 12.4 Å². The van der Waals surface area contributed by atoms with Gasteiger partial charge in [-0.3, -0.25) is 0 Å². The number of aliphatic hydroxyl groups is 2. The highest BCUT2D eigenvalue weighted by Crippen LogP contribution is 2.28. The van der Waals surface area contributed by atoms with E-state index in [1.165, 1.54) is 10.9 Å². The fourth-order valence-electron chi connectivity index (χ4n) is 3.00. The lowest BCUT2D eigenvalue weighted by Gasteiger charge is -2.32. The van der Waals surface area contributed by atoms with Crippen LogP contribution in [0.1, 0.15) is 32.1 Å². The molecule has 2 aromatic heterocycles. The van der Waals surface area contributed by atoms with Crippen LogP contribution in [0.25, 0.3) is 5.65 Å². The summed E-state index contributed by atoms with van der Waals surface area (Å²) in [6.07, 6.45) is 8.14. The molecule has 2 atom stereocenters. The predicted octanol–water partition coefficient (Wildman–Crippen LogP) is 0.233. The highest BCUT2D eigenvalue weighted by molar-refractivity contribution is 5.61. The van der Waals surface area contributed by atoms with Gasteiger partial charge in [0.25, 0.3) is 0 Å². The fourth-order valence-corrected chi connectivity index (χ4v) is 3.00. The smallest absolute Gasteiger partial charge is 0.221 e. The van der Waals surface area contributed by atoms with Gasteiger partial charge in [0.2, 0.25) is 5.65 Å². The topological polar surface area (TPSA) is 108 Å². The average molecular weight is 292 g/mol. The van der Waals surface area contributed by atoms with Crippen LogP contribution in [-0.4, -0.2) is 54.0 Å². The minimum atomic E-state index is -0.603. The Morgan fingerprint density at radius 2 is 2.14 bits per heavy atom. The van der Waals surface area contributed by atoms with Crippen molar-refractivity contribution < 1.29 is 10.2 Å². The number of rotatable bonds is 5. The van der Waals surface area contributed by atoms with Crippen molar-refractivity contribution in [3.8, 4) is 0 Å². The molecule has 1 aliphatic rings. The largest absolute Gasteiger partial charge is 0.394 e. The quantitative estimate of drug-likeness (QED) is 0.724. The molecule has 0 bridgehead atoms. The first kappa shape index (κ1) is 14.2. The summed E-state index contributed by atoms with van der Waals surface area (Å²) in [5, 5.41) is 34.5. The van der Waals surface area contributed by atoms with E-state index in [1.807, 2.05) is 0 Å². The number of fused-ring (bicyclic) bond motifs is 1. The monoisotopic (exact) mass is 292 g/mol. The van der Waals surface area contributed by atoms with Crippen LogP contribution in [0.15, 0.2) is 12.4 Å². The summed E-state index contributed by atoms with van der Waals surface area (Å²) in [5.41, 5.74) is 0.479. The molecule has 8 nitrogen and oxygen atoms in total. The lowest BCUT2D eigenvalue weighted by molar-refractivity contribution is 0.0493. The number of hydrogen-bond donors (Lipinski definition) is 3. The van der Waals surface area contributed by atoms with Gasteiger partial charge in [0.15, 0.2) is 5.82 Å². The van der Waals surface area contributed by atoms with Gasteiger partial charge in [-0.25, -0.2) is 4.98 Å². The Hall–Kier alpha value is -1.80. The molecule has 1 saturated carbocycles. The van der Waals surface area contributed by atoms with Crippen molar-refractivity contribution in [3.63, 3.8) is 0 Å². The number of tetrazole rings is 1. The van der Waals surface area contributed by atoms with E-state index in [2.05, 4.69) is 25.8 Å². The molecule has 3 rings (SSSR count). The first-order valence-corrected chi connectivity index (χ1v) is 7.38. The molecular weight excluding hydrogens is 272 g/mol. The molecule has 0 saturated heterocycles. The Kier molecular flexibility index (Phi) is 4.26. The van der Waals surface area contributed by atoms with Crippen molar-refractivity contribution in [2.24, 2.45) is 5.92 Å². The summed E-state index contributed by atoms with van der Waals surface area (Å²) < 4.78 is 1.50. The summed E-state index contributed by atoms with van der Waals surface area (Å²) in [7, 11) is 0. The van der Waals surface area contributed by atoms with Crippen molar-refractivity contribution in [2.75, 3.05) is 11.9 Å². The first-order chi connectivity index (χ1) is 10.3. The van der Waals surface area contributed by atoms with Gasteiger partial charge in [0, 0.05) is 6.20 Å². The number of aliphatic hydroxyl groups excluding tert-OH is 2. The minimum Gasteiger partial charge on any atom is -0.394 e. The van der Waals surface area contributed by atoms with E-state index >= 15 is 0 Å². The molecule has 3 N–H and O–H groups in total. The van der Waals surface area contributed by atoms with E-state index in [0.29, 0.717) is 11.5 Å². The fraction of sp³-hybridized carbons (Fsp3) is 0.692. The van der Waals surface area contributed by atoms with Gasteiger partial charge in [0.1, 0.15) is 0 Å². The summed E-state index contributed by atoms with van der Waals surface area (Å²) in [4.78, 5) is 4.20. The van der Waals surface area contributed by atoms with Crippen LogP contribution in [0.3, 0.4) is 0 Å². The maximum Gasteiger partial charge on any atom is 0.221 e. The average Bonchev–Trinajstić information content (AvgIpc) is 3.02. The lowest BCUT2D eigenvalue weighted by atomic mass is 9.83. The molecule has 8 heteroatoms. The van der Waals surface area contributed by atoms with Crippen LogP contribution in [0, 0.1) is 5.92 Å². The summed E-state index contributed by atoms with van der Waals surface area (Å²) in [6.45, 7) is -0.165. The van der Waals surface area contributed by atoms with E-state index in [0.717, 1.165) is 25.7 Å². The van der Waals surface area contributed by atoms with Gasteiger partial charge in [-0.2, -0.15) is 4.52 Å². The summed E-state index contributed by atoms with van der Waals surface area (Å²) in [6, 6.07) is -0.469. The number of aromatic nitrogens is 5. The predicted molar refractivity (Wildman–Crippen MR) is 75.7 cm³/mol. The third-order valence-electron chi connectivity index (χ3n) is 4.18. The van der Waals surface area contributed by atoms with Crippen molar-refractivity contribution in [1.82, 2.24) is 25.0 Å². The van der Waals surface area contributed by atoms with Crippen molar-refractivity contribution in [2.45, 2.75) is 44.2 Å². The van der Waals surface area contributed by atoms with Gasteiger partial charge in [0.05, 0.1) is 24.9 Å². The molecule has 2 aromatic rings. The molecule has 2 heterocycles. The molecule has 0 aliphatic heterocycles. The second-order valence-corrected chi connectivity index (χ2v) is 5.54. The number of nitrogens with zero attached hydrogens (tertiary/aromatic N) is 5. The van der Waals surface area contributed by atoms with Crippen molar-refractivity contribution in [3.05, 3.63) is 12.4 Å². The SMILES string of the molecule is OC[C@H](Nc1nccn2nnnc12)[C@H](O)C1CCCCC1. The van der Waals surface area contributed by atoms with Gasteiger partial charge < -0.3 is 15.5 Å². The highest BCUT2D eigenvalue weighted by Gasteiger charge is 2.29. The Balaban J connectivity index is 1.75. The molecule has 0 aromatic carbocycles. The Morgan fingerprint density at radius 1 is 1.33 bits per heavy atom. The van der Waals surface area contributed by atoms with Crippen LogP contribution in [0.4, 0.5) is 5.82 Å². The Bertz CT molecular complexity index is 583. The van der Waals surface area contributed by atoms with Crippen molar-refractivity contribution >= 4 is 11.5 Å². The summed E-state index contributed by atoms with van der Waals surface area (Å²) in [5.74, 6) is 0.690. The molecule has 0 amide bonds. The lowest BCUT2D eigenvalue weighted by Crippen LogP contribution is -2.42. The zero-order valence-electron chi connectivity index (χ0n) is 11.8. The van der Waals surface area contributed by atoms with Gasteiger partial charge in [-0.05, 0) is 29.2 Å². The molecule has 1 aliphatic carbocycles. The van der Waals surface area contributed by atoms with Crippen LogP contribution in [-0.2, 0) is 0 Å². The number of hydrogen-bond acceptors (Lipinski definition) is 7. The van der Waals surface area contributed by atoms with Crippen LogP contribution in [0.2, 0.25) is 0 Å². The first-order valence-electron chi connectivity index (χ1n) is 7.38. The Labute approximate surface area is 122 Å². The summed E-state index contributed by atoms with van der Waals surface area (Å²) >= 11 is 0. The van der Waals surface area contributed by atoms with Gasteiger partial charge >= 0.3 is 0 Å². The van der Waals surface area contributed by atoms with Gasteiger partial charge in [-0.15, -0.1) is 5.10 Å². The van der Waals surface area contributed by atoms with E-state index in [4.69, 9.17) is 0 Å². The zero-order chi connectivity index (χ0) is 14.7. The second-order valence-electron chi connectivity index (χ2n) is 5.54. The van der Waals surface area contributed by atoms with Crippen molar-refractivity contribution in [1.29, 1.82) is 0 Å². The van der Waals surface area contributed by atoms with E-state index in [-0.39, 0.29) is 12.5 Å². The third-order valence-corrected chi connectivity index (χ3v) is 4.18. The number of nitrogens with one attached hydrogen (secondary N) is 1. The standard InChI is InChI=1S/C13H20N6O2/c20-8-10(11(21)9-4-2-1-3-5-9)15-12-13-16-17-18-19(13)7-6-14-12/h6-7,9-11,20-21H,1-5,8H2,(H,14,15)/t10-,11+/m0/s1. The highest BCUT2D eigenvalue weighted by atomic mass is 16.3. The molecule has 0 spiro atoms. The Morgan fingerprint density at radius 3 is 2.90 bits per heavy atom. The molecule has 0 radical (unpaired) electrons. The maximum absolute atomic E-state index is 10.5. The molecular formula is C13H20N6O2. The third kappa shape index (κ3) is 2.96. The van der Waals surface area contributed by atoms with Crippen LogP contribution in [0.5, 0.6) is 0 Å². The maximum atomic E-state index is 10.5.